The van der Waals surface area contributed by atoms with Gasteiger partial charge in [-0.15, -0.1) is 0 Å². The summed E-state index contributed by atoms with van der Waals surface area (Å²) in [5.41, 5.74) is 0.811. The van der Waals surface area contributed by atoms with Crippen molar-refractivity contribution in [2.45, 2.75) is 19.4 Å². The molecular weight excluding hydrogens is 298 g/mol. The van der Waals surface area contributed by atoms with E-state index in [1.807, 2.05) is 0 Å². The molecule has 0 fully saturated rings. The smallest absolute Gasteiger partial charge is 0.343 e. The van der Waals surface area contributed by atoms with Gasteiger partial charge >= 0.3 is 5.97 Å². The van der Waals surface area contributed by atoms with Crippen molar-refractivity contribution < 1.29 is 23.7 Å². The van der Waals surface area contributed by atoms with Crippen LogP contribution in [0.5, 0.6) is 17.2 Å². The molecule has 1 aromatic carbocycles. The number of pyridine rings is 1. The number of cyclic esters (lactones) is 1. The van der Waals surface area contributed by atoms with Gasteiger partial charge in [0.25, 0.3) is 0 Å². The molecule has 118 valence electrons. The van der Waals surface area contributed by atoms with Gasteiger partial charge in [-0.05, 0) is 19.9 Å². The average molecular weight is 313 g/mol. The van der Waals surface area contributed by atoms with Gasteiger partial charge in [-0.1, -0.05) is 0 Å². The first kappa shape index (κ1) is 13.9. The summed E-state index contributed by atoms with van der Waals surface area (Å²) in [6.07, 6.45) is 1.66. The number of carbonyl (C=O) groups excluding carboxylic acids is 1. The molecule has 0 spiro atoms. The number of methoxy groups -OCH3 is 2. The van der Waals surface area contributed by atoms with E-state index in [1.54, 1.807) is 39.3 Å². The maximum Gasteiger partial charge on any atom is 0.343 e. The van der Waals surface area contributed by atoms with E-state index in [0.717, 1.165) is 5.39 Å². The zero-order valence-electron chi connectivity index (χ0n) is 13.2. The van der Waals surface area contributed by atoms with Gasteiger partial charge in [0.15, 0.2) is 22.9 Å². The summed E-state index contributed by atoms with van der Waals surface area (Å²) >= 11 is 0. The van der Waals surface area contributed by atoms with Crippen LogP contribution in [-0.2, 0) is 9.53 Å². The number of aromatic nitrogens is 1. The molecule has 6 nitrogen and oxygen atoms in total. The zero-order valence-corrected chi connectivity index (χ0v) is 13.2. The molecule has 0 saturated carbocycles. The summed E-state index contributed by atoms with van der Waals surface area (Å²) in [7, 11) is 3.09. The number of carbonyl (C=O) groups is 1. The molecule has 0 radical (unpaired) electrons. The van der Waals surface area contributed by atoms with Crippen LogP contribution in [0, 0.1) is 0 Å². The Bertz CT molecular complexity index is 897. The molecule has 0 amide bonds. The van der Waals surface area contributed by atoms with E-state index >= 15 is 0 Å². The summed E-state index contributed by atoms with van der Waals surface area (Å²) in [5, 5.41) is 0.721. The highest BCUT2D eigenvalue weighted by Crippen LogP contribution is 2.52. The number of hydrogen-bond donors (Lipinski definition) is 0. The number of rotatable bonds is 2. The van der Waals surface area contributed by atoms with E-state index in [9.17, 15) is 4.79 Å². The maximum absolute atomic E-state index is 12.5. The van der Waals surface area contributed by atoms with Crippen molar-refractivity contribution in [3.63, 3.8) is 0 Å². The molecule has 3 heterocycles. The van der Waals surface area contributed by atoms with Crippen molar-refractivity contribution in [2.75, 3.05) is 14.2 Å². The highest BCUT2D eigenvalue weighted by molar-refractivity contribution is 6.25. The van der Waals surface area contributed by atoms with Crippen LogP contribution in [-0.4, -0.2) is 30.8 Å². The molecule has 0 bridgehead atoms. The number of fused-ring (bicyclic) bond motifs is 1. The summed E-state index contributed by atoms with van der Waals surface area (Å²) in [6, 6.07) is 3.53. The average Bonchev–Trinajstić information content (AvgIpc) is 2.76. The number of hydrogen-bond acceptors (Lipinski definition) is 6. The van der Waals surface area contributed by atoms with E-state index in [2.05, 4.69) is 4.98 Å². The molecule has 2 aliphatic heterocycles. The van der Waals surface area contributed by atoms with Gasteiger partial charge in [-0.3, -0.25) is 4.98 Å². The lowest BCUT2D eigenvalue weighted by Crippen LogP contribution is -2.26. The normalized spacial score (nSPS) is 17.7. The molecule has 0 unspecified atom stereocenters. The minimum Gasteiger partial charge on any atom is -0.493 e. The Morgan fingerprint density at radius 1 is 1.22 bits per heavy atom. The van der Waals surface area contributed by atoms with Crippen LogP contribution in [0.25, 0.3) is 16.5 Å². The first-order valence-corrected chi connectivity index (χ1v) is 7.18. The lowest BCUT2D eigenvalue weighted by molar-refractivity contribution is -0.143. The van der Waals surface area contributed by atoms with Crippen LogP contribution in [0.2, 0.25) is 0 Å². The minimum absolute atomic E-state index is 0.372. The second kappa shape index (κ2) is 4.38. The Hall–Kier alpha value is -2.76. The van der Waals surface area contributed by atoms with Gasteiger partial charge < -0.3 is 18.9 Å². The van der Waals surface area contributed by atoms with Crippen LogP contribution in [0.1, 0.15) is 19.4 Å². The monoisotopic (exact) mass is 313 g/mol. The summed E-state index contributed by atoms with van der Waals surface area (Å²) in [5.74, 6) is 1.64. The van der Waals surface area contributed by atoms with E-state index in [1.165, 1.54) is 7.11 Å². The van der Waals surface area contributed by atoms with Crippen molar-refractivity contribution in [2.24, 2.45) is 0 Å². The molecule has 23 heavy (non-hydrogen) atoms. The van der Waals surface area contributed by atoms with Gasteiger partial charge in [0.05, 0.1) is 30.7 Å². The summed E-state index contributed by atoms with van der Waals surface area (Å²) < 4.78 is 22.4. The van der Waals surface area contributed by atoms with Gasteiger partial charge in [0.1, 0.15) is 11.3 Å². The highest BCUT2D eigenvalue weighted by Gasteiger charge is 2.47. The fraction of sp³-hybridized carbons (Fsp3) is 0.294. The predicted molar refractivity (Wildman–Crippen MR) is 82.6 cm³/mol. The molecule has 2 aliphatic rings. The lowest BCUT2D eigenvalue weighted by atomic mass is 9.92. The first-order chi connectivity index (χ1) is 11.0. The van der Waals surface area contributed by atoms with Crippen molar-refractivity contribution in [1.82, 2.24) is 4.98 Å². The SMILES string of the molecule is COc1cc2nccc3c2c(c1OC)C1=C(O3)C(C)(C)OC1=O. The minimum atomic E-state index is -0.839. The third-order valence-electron chi connectivity index (χ3n) is 4.12. The Labute approximate surface area is 132 Å². The molecule has 0 N–H and O–H groups in total. The van der Waals surface area contributed by atoms with Crippen molar-refractivity contribution >= 4 is 22.4 Å². The van der Waals surface area contributed by atoms with Gasteiger partial charge in [-0.2, -0.15) is 0 Å². The topological polar surface area (TPSA) is 66.9 Å². The fourth-order valence-electron chi connectivity index (χ4n) is 3.15. The number of ether oxygens (including phenoxy) is 4. The molecular formula is C17H15NO5. The Morgan fingerprint density at radius 2 is 2.00 bits per heavy atom. The van der Waals surface area contributed by atoms with Crippen LogP contribution in [0.4, 0.5) is 0 Å². The van der Waals surface area contributed by atoms with E-state index in [4.69, 9.17) is 18.9 Å². The van der Waals surface area contributed by atoms with E-state index in [0.29, 0.717) is 39.7 Å². The predicted octanol–water partition coefficient (Wildman–Crippen LogP) is 2.69. The van der Waals surface area contributed by atoms with Crippen LogP contribution < -0.4 is 14.2 Å². The first-order valence-electron chi connectivity index (χ1n) is 7.18. The largest absolute Gasteiger partial charge is 0.493 e. The maximum atomic E-state index is 12.5. The molecule has 0 atom stereocenters. The molecule has 0 aliphatic carbocycles. The fourth-order valence-corrected chi connectivity index (χ4v) is 3.15. The Balaban J connectivity index is 2.19. The van der Waals surface area contributed by atoms with Crippen molar-refractivity contribution in [3.05, 3.63) is 29.7 Å². The van der Waals surface area contributed by atoms with Gasteiger partial charge in [0, 0.05) is 12.3 Å². The Morgan fingerprint density at radius 3 is 2.70 bits per heavy atom. The van der Waals surface area contributed by atoms with Gasteiger partial charge in [0.2, 0.25) is 0 Å². The second-order valence-electron chi connectivity index (χ2n) is 5.90. The van der Waals surface area contributed by atoms with E-state index in [-0.39, 0.29) is 0 Å². The van der Waals surface area contributed by atoms with Crippen molar-refractivity contribution in [1.29, 1.82) is 0 Å². The number of esters is 1. The molecule has 0 saturated heterocycles. The van der Waals surface area contributed by atoms with Crippen LogP contribution in [0.15, 0.2) is 24.1 Å². The van der Waals surface area contributed by atoms with Crippen LogP contribution in [0.3, 0.4) is 0 Å². The van der Waals surface area contributed by atoms with Gasteiger partial charge in [-0.25, -0.2) is 4.79 Å². The number of benzene rings is 1. The third kappa shape index (κ3) is 1.69. The summed E-state index contributed by atoms with van der Waals surface area (Å²) in [6.45, 7) is 3.59. The quantitative estimate of drug-likeness (QED) is 0.794. The van der Waals surface area contributed by atoms with Crippen molar-refractivity contribution in [3.8, 4) is 17.2 Å². The standard InChI is InChI=1S/C17H15NO5/c1-17(2)15-13(16(19)23-17)12-11-8(18-6-5-9(11)22-15)7-10(20-3)14(12)21-4/h5-7H,1-4H3. The molecule has 6 heteroatoms. The molecule has 4 rings (SSSR count). The summed E-state index contributed by atoms with van der Waals surface area (Å²) in [4.78, 5) is 16.8. The Kier molecular flexibility index (Phi) is 2.64. The van der Waals surface area contributed by atoms with Crippen LogP contribution >= 0.6 is 0 Å². The zero-order chi connectivity index (χ0) is 16.4. The molecule has 1 aromatic heterocycles. The van der Waals surface area contributed by atoms with E-state index < -0.39 is 11.6 Å². The highest BCUT2D eigenvalue weighted by atomic mass is 16.6. The molecule has 2 aromatic rings. The number of nitrogens with zero attached hydrogens (tertiary/aromatic N) is 1. The second-order valence-corrected chi connectivity index (χ2v) is 5.90. The lowest BCUT2D eigenvalue weighted by Gasteiger charge is -2.25. The third-order valence-corrected chi connectivity index (χ3v) is 4.12.